The molecular weight excluding hydrogens is 356 g/mol. The van der Waals surface area contributed by atoms with Crippen LogP contribution in [0, 0.1) is 0 Å². The minimum atomic E-state index is -0.0941. The van der Waals surface area contributed by atoms with Crippen LogP contribution in [-0.2, 0) is 11.2 Å². The summed E-state index contributed by atoms with van der Waals surface area (Å²) in [7, 11) is 1.67. The highest BCUT2D eigenvalue weighted by molar-refractivity contribution is 6.06. The Morgan fingerprint density at radius 3 is 2.85 bits per heavy atom. The molecule has 1 fully saturated rings. The molecule has 2 aromatic heterocycles. The molecule has 144 valence electrons. The van der Waals surface area contributed by atoms with Gasteiger partial charge in [0.05, 0.1) is 23.3 Å². The largest absolute Gasteiger partial charge is 0.383 e. The Hall–Kier alpha value is -1.70. The van der Waals surface area contributed by atoms with Crippen LogP contribution in [0.15, 0.2) is 10.6 Å². The second-order valence-electron chi connectivity index (χ2n) is 6.43. The zero-order valence-corrected chi connectivity index (χ0v) is 16.2. The number of carbonyl (C=O) groups is 1. The number of amides is 1. The van der Waals surface area contributed by atoms with Crippen molar-refractivity contribution in [1.82, 2.24) is 20.8 Å². The van der Waals surface area contributed by atoms with Crippen LogP contribution in [0.1, 0.15) is 53.8 Å². The summed E-state index contributed by atoms with van der Waals surface area (Å²) >= 11 is 0. The first kappa shape index (κ1) is 20.6. The van der Waals surface area contributed by atoms with Crippen LogP contribution < -0.4 is 10.6 Å². The molecule has 26 heavy (non-hydrogen) atoms. The maximum atomic E-state index is 12.7. The fourth-order valence-corrected chi connectivity index (χ4v) is 2.86. The minimum absolute atomic E-state index is 0. The van der Waals surface area contributed by atoms with Crippen molar-refractivity contribution in [2.24, 2.45) is 0 Å². The van der Waals surface area contributed by atoms with E-state index in [1.807, 2.05) is 6.07 Å². The predicted octanol–water partition coefficient (Wildman–Crippen LogP) is 2.44. The quantitative estimate of drug-likeness (QED) is 0.613. The third-order valence-electron chi connectivity index (χ3n) is 4.33. The Labute approximate surface area is 159 Å². The Morgan fingerprint density at radius 2 is 2.15 bits per heavy atom. The number of hydrogen-bond donors (Lipinski definition) is 2. The lowest BCUT2D eigenvalue weighted by molar-refractivity contribution is 0.0955. The molecule has 0 aromatic carbocycles. The van der Waals surface area contributed by atoms with Gasteiger partial charge in [0.15, 0.2) is 0 Å². The second kappa shape index (κ2) is 9.85. The molecule has 0 aliphatic heterocycles. The van der Waals surface area contributed by atoms with Gasteiger partial charge in [0, 0.05) is 38.4 Å². The van der Waals surface area contributed by atoms with Crippen molar-refractivity contribution >= 4 is 29.4 Å². The van der Waals surface area contributed by atoms with Crippen molar-refractivity contribution in [2.75, 3.05) is 33.4 Å². The summed E-state index contributed by atoms with van der Waals surface area (Å²) in [6.07, 6.45) is 3.96. The fourth-order valence-electron chi connectivity index (χ4n) is 2.86. The number of methoxy groups -OCH3 is 1. The van der Waals surface area contributed by atoms with E-state index >= 15 is 0 Å². The maximum absolute atomic E-state index is 12.7. The summed E-state index contributed by atoms with van der Waals surface area (Å²) in [6.45, 7) is 4.76. The zero-order chi connectivity index (χ0) is 17.6. The van der Waals surface area contributed by atoms with Crippen LogP contribution in [0.25, 0.3) is 11.1 Å². The summed E-state index contributed by atoms with van der Waals surface area (Å²) in [5.41, 5.74) is 2.87. The van der Waals surface area contributed by atoms with E-state index in [2.05, 4.69) is 27.7 Å². The molecule has 0 bridgehead atoms. The molecule has 2 heterocycles. The number of carbonyl (C=O) groups excluding carboxylic acids is 1. The van der Waals surface area contributed by atoms with Crippen molar-refractivity contribution in [3.05, 3.63) is 23.0 Å². The number of halogens is 1. The average Bonchev–Trinajstić information content (AvgIpc) is 3.39. The number of aryl methyl sites for hydroxylation is 1. The van der Waals surface area contributed by atoms with Gasteiger partial charge in [-0.25, -0.2) is 4.98 Å². The van der Waals surface area contributed by atoms with Gasteiger partial charge in [0.25, 0.3) is 11.6 Å². The molecule has 0 unspecified atom stereocenters. The van der Waals surface area contributed by atoms with E-state index in [1.54, 1.807) is 7.11 Å². The number of pyridine rings is 1. The van der Waals surface area contributed by atoms with Crippen LogP contribution in [0.4, 0.5) is 0 Å². The highest BCUT2D eigenvalue weighted by Gasteiger charge is 2.28. The maximum Gasteiger partial charge on any atom is 0.259 e. The van der Waals surface area contributed by atoms with Gasteiger partial charge >= 0.3 is 0 Å². The molecule has 1 aliphatic carbocycles. The summed E-state index contributed by atoms with van der Waals surface area (Å²) in [6, 6.07) is 1.92. The van der Waals surface area contributed by atoms with Crippen molar-refractivity contribution < 1.29 is 14.1 Å². The smallest absolute Gasteiger partial charge is 0.259 e. The SMILES string of the molecule is CCCc1noc2nc(C3CC3)cc(C(=O)NCCNCCOC)c12.Cl. The van der Waals surface area contributed by atoms with E-state index in [1.165, 1.54) is 0 Å². The first-order valence-corrected chi connectivity index (χ1v) is 9.01. The van der Waals surface area contributed by atoms with Gasteiger partial charge in [-0.3, -0.25) is 4.79 Å². The highest BCUT2D eigenvalue weighted by atomic mass is 35.5. The van der Waals surface area contributed by atoms with Gasteiger partial charge in [-0.15, -0.1) is 12.4 Å². The van der Waals surface area contributed by atoms with Crippen LogP contribution in [0.2, 0.25) is 0 Å². The first-order chi connectivity index (χ1) is 12.2. The molecular formula is C18H27ClN4O3. The standard InChI is InChI=1S/C18H26N4O3.ClH/c1-3-4-14-16-13(17(23)20-8-7-19-9-10-24-2)11-15(12-5-6-12)21-18(16)25-22-14;/h11-12,19H,3-10H2,1-2H3,(H,20,23);1H. The number of nitrogens with zero attached hydrogens (tertiary/aromatic N) is 2. The topological polar surface area (TPSA) is 89.3 Å². The van der Waals surface area contributed by atoms with Crippen molar-refractivity contribution in [2.45, 2.75) is 38.5 Å². The monoisotopic (exact) mass is 382 g/mol. The molecule has 1 aliphatic rings. The van der Waals surface area contributed by atoms with Gasteiger partial charge in [-0.2, -0.15) is 0 Å². The number of rotatable bonds is 10. The Balaban J connectivity index is 0.00000243. The van der Waals surface area contributed by atoms with E-state index in [-0.39, 0.29) is 18.3 Å². The van der Waals surface area contributed by atoms with E-state index in [0.717, 1.165) is 49.0 Å². The van der Waals surface area contributed by atoms with Gasteiger partial charge in [-0.1, -0.05) is 18.5 Å². The molecule has 0 spiro atoms. The predicted molar refractivity (Wildman–Crippen MR) is 102 cm³/mol. The molecule has 0 radical (unpaired) electrons. The zero-order valence-electron chi connectivity index (χ0n) is 15.3. The minimum Gasteiger partial charge on any atom is -0.383 e. The van der Waals surface area contributed by atoms with Crippen LogP contribution >= 0.6 is 12.4 Å². The van der Waals surface area contributed by atoms with Crippen molar-refractivity contribution in [1.29, 1.82) is 0 Å². The average molecular weight is 383 g/mol. The number of nitrogens with one attached hydrogen (secondary N) is 2. The van der Waals surface area contributed by atoms with E-state index in [4.69, 9.17) is 9.26 Å². The van der Waals surface area contributed by atoms with Crippen LogP contribution in [-0.4, -0.2) is 49.4 Å². The lowest BCUT2D eigenvalue weighted by Crippen LogP contribution is -2.33. The third kappa shape index (κ3) is 4.93. The van der Waals surface area contributed by atoms with Gasteiger partial charge < -0.3 is 19.9 Å². The van der Waals surface area contributed by atoms with Gasteiger partial charge in [0.2, 0.25) is 0 Å². The summed E-state index contributed by atoms with van der Waals surface area (Å²) in [5, 5.41) is 11.1. The van der Waals surface area contributed by atoms with E-state index in [0.29, 0.717) is 36.9 Å². The molecule has 2 aromatic rings. The van der Waals surface area contributed by atoms with Crippen LogP contribution in [0.5, 0.6) is 0 Å². The molecule has 1 amide bonds. The molecule has 2 N–H and O–H groups in total. The molecule has 1 saturated carbocycles. The number of fused-ring (bicyclic) bond motifs is 1. The molecule has 0 atom stereocenters. The Kier molecular flexibility index (Phi) is 7.81. The number of hydrogen-bond acceptors (Lipinski definition) is 6. The van der Waals surface area contributed by atoms with Gasteiger partial charge in [0.1, 0.15) is 0 Å². The van der Waals surface area contributed by atoms with E-state index in [9.17, 15) is 4.79 Å². The lowest BCUT2D eigenvalue weighted by atomic mass is 10.1. The van der Waals surface area contributed by atoms with E-state index < -0.39 is 0 Å². The number of ether oxygens (including phenoxy) is 1. The Bertz CT molecular complexity index is 731. The fraction of sp³-hybridized carbons (Fsp3) is 0.611. The summed E-state index contributed by atoms with van der Waals surface area (Å²) < 4.78 is 10.4. The number of aromatic nitrogens is 2. The van der Waals surface area contributed by atoms with Gasteiger partial charge in [-0.05, 0) is 25.3 Å². The molecule has 8 heteroatoms. The summed E-state index contributed by atoms with van der Waals surface area (Å²) in [5.74, 6) is 0.356. The normalized spacial score (nSPS) is 13.6. The lowest BCUT2D eigenvalue weighted by Gasteiger charge is -2.09. The molecule has 0 saturated heterocycles. The molecule has 3 rings (SSSR count). The second-order valence-corrected chi connectivity index (χ2v) is 6.43. The third-order valence-corrected chi connectivity index (χ3v) is 4.33. The first-order valence-electron chi connectivity index (χ1n) is 9.01. The Morgan fingerprint density at radius 1 is 1.35 bits per heavy atom. The van der Waals surface area contributed by atoms with Crippen molar-refractivity contribution in [3.63, 3.8) is 0 Å². The van der Waals surface area contributed by atoms with Crippen LogP contribution in [0.3, 0.4) is 0 Å². The highest BCUT2D eigenvalue weighted by Crippen LogP contribution is 2.40. The summed E-state index contributed by atoms with van der Waals surface area (Å²) in [4.78, 5) is 17.3. The molecule has 7 nitrogen and oxygen atoms in total. The van der Waals surface area contributed by atoms with Crippen molar-refractivity contribution in [3.8, 4) is 0 Å².